The Morgan fingerprint density at radius 1 is 1.38 bits per heavy atom. The highest BCUT2D eigenvalue weighted by Crippen LogP contribution is 2.47. The monoisotopic (exact) mass is 183 g/mol. The van der Waals surface area contributed by atoms with Gasteiger partial charge in [0.1, 0.15) is 6.04 Å². The Labute approximate surface area is 76.3 Å². The first-order chi connectivity index (χ1) is 6.27. The van der Waals surface area contributed by atoms with Crippen molar-refractivity contribution in [1.82, 2.24) is 5.32 Å². The molecule has 0 radical (unpaired) electrons. The Morgan fingerprint density at radius 3 is 2.92 bits per heavy atom. The fourth-order valence-electron chi connectivity index (χ4n) is 3.19. The van der Waals surface area contributed by atoms with Crippen LogP contribution in [-0.4, -0.2) is 35.9 Å². The largest absolute Gasteiger partial charge is 0.480 e. The highest BCUT2D eigenvalue weighted by atomic mass is 16.5. The van der Waals surface area contributed by atoms with E-state index in [1.165, 1.54) is 0 Å². The van der Waals surface area contributed by atoms with Crippen molar-refractivity contribution in [2.24, 2.45) is 11.8 Å². The van der Waals surface area contributed by atoms with Crippen LogP contribution in [0.1, 0.15) is 12.8 Å². The molecule has 13 heavy (non-hydrogen) atoms. The number of fused-ring (bicyclic) bond motifs is 5. The van der Waals surface area contributed by atoms with Crippen molar-refractivity contribution >= 4 is 5.97 Å². The lowest BCUT2D eigenvalue weighted by molar-refractivity contribution is -0.140. The predicted molar refractivity (Wildman–Crippen MR) is 44.3 cm³/mol. The maximum atomic E-state index is 10.9. The molecule has 3 aliphatic rings. The van der Waals surface area contributed by atoms with Crippen molar-refractivity contribution < 1.29 is 14.6 Å². The summed E-state index contributed by atoms with van der Waals surface area (Å²) in [5, 5.41) is 12.0. The minimum atomic E-state index is -0.719. The molecule has 0 aliphatic carbocycles. The molecular weight excluding hydrogens is 170 g/mol. The first kappa shape index (κ1) is 7.76. The molecule has 2 N–H and O–H groups in total. The molecule has 4 heteroatoms. The summed E-state index contributed by atoms with van der Waals surface area (Å²) < 4.78 is 5.72. The minimum absolute atomic E-state index is 0.214. The van der Waals surface area contributed by atoms with E-state index in [2.05, 4.69) is 5.32 Å². The van der Waals surface area contributed by atoms with Gasteiger partial charge < -0.3 is 15.2 Å². The van der Waals surface area contributed by atoms with Gasteiger partial charge in [-0.15, -0.1) is 0 Å². The molecule has 0 aromatic carbocycles. The van der Waals surface area contributed by atoms with Crippen molar-refractivity contribution in [3.8, 4) is 0 Å². The number of hydrogen-bond acceptors (Lipinski definition) is 3. The summed E-state index contributed by atoms with van der Waals surface area (Å²) >= 11 is 0. The maximum absolute atomic E-state index is 10.9. The summed E-state index contributed by atoms with van der Waals surface area (Å²) in [4.78, 5) is 10.9. The molecule has 0 aromatic heterocycles. The molecule has 3 rings (SSSR count). The highest BCUT2D eigenvalue weighted by Gasteiger charge is 2.56. The zero-order chi connectivity index (χ0) is 9.00. The first-order valence-corrected chi connectivity index (χ1v) is 4.89. The van der Waals surface area contributed by atoms with Gasteiger partial charge in [0.15, 0.2) is 0 Å². The Hall–Kier alpha value is -0.610. The Kier molecular flexibility index (Phi) is 1.46. The van der Waals surface area contributed by atoms with Gasteiger partial charge in [0.25, 0.3) is 0 Å². The van der Waals surface area contributed by atoms with Crippen LogP contribution in [0.3, 0.4) is 0 Å². The molecular formula is C9H13NO3. The minimum Gasteiger partial charge on any atom is -0.480 e. The van der Waals surface area contributed by atoms with Crippen LogP contribution in [0.2, 0.25) is 0 Å². The van der Waals surface area contributed by atoms with Gasteiger partial charge in [-0.05, 0) is 12.8 Å². The van der Waals surface area contributed by atoms with Gasteiger partial charge in [0, 0.05) is 18.4 Å². The molecule has 3 saturated heterocycles. The summed E-state index contributed by atoms with van der Waals surface area (Å²) in [7, 11) is 0. The summed E-state index contributed by atoms with van der Waals surface area (Å²) in [6.07, 6.45) is 2.73. The second-order valence-corrected chi connectivity index (χ2v) is 4.26. The van der Waals surface area contributed by atoms with E-state index in [1.54, 1.807) is 0 Å². The van der Waals surface area contributed by atoms with Crippen LogP contribution in [0.4, 0.5) is 0 Å². The zero-order valence-electron chi connectivity index (χ0n) is 7.27. The van der Waals surface area contributed by atoms with Gasteiger partial charge >= 0.3 is 5.97 Å². The molecule has 0 spiro atoms. The molecule has 0 saturated carbocycles. The summed E-state index contributed by atoms with van der Waals surface area (Å²) in [5.74, 6) is -0.0280. The van der Waals surface area contributed by atoms with E-state index >= 15 is 0 Å². The van der Waals surface area contributed by atoms with Crippen LogP contribution < -0.4 is 5.32 Å². The van der Waals surface area contributed by atoms with Gasteiger partial charge in [0.2, 0.25) is 0 Å². The molecule has 3 aliphatic heterocycles. The third-order valence-electron chi connectivity index (χ3n) is 3.71. The van der Waals surface area contributed by atoms with Crippen molar-refractivity contribution in [1.29, 1.82) is 0 Å². The van der Waals surface area contributed by atoms with E-state index in [-0.39, 0.29) is 18.1 Å². The number of rotatable bonds is 1. The number of carboxylic acids is 1. The highest BCUT2D eigenvalue weighted by molar-refractivity contribution is 5.74. The van der Waals surface area contributed by atoms with Gasteiger partial charge in [-0.3, -0.25) is 4.79 Å². The summed E-state index contributed by atoms with van der Waals surface area (Å²) in [6.45, 7) is 0.822. The molecule has 0 aromatic rings. The lowest BCUT2D eigenvalue weighted by Crippen LogP contribution is -2.40. The van der Waals surface area contributed by atoms with Crippen LogP contribution >= 0.6 is 0 Å². The predicted octanol–water partition coefficient (Wildman–Crippen LogP) is -0.164. The van der Waals surface area contributed by atoms with Gasteiger partial charge in [0.05, 0.1) is 12.2 Å². The average molecular weight is 183 g/mol. The Morgan fingerprint density at radius 2 is 2.15 bits per heavy atom. The van der Waals surface area contributed by atoms with Gasteiger partial charge in [-0.1, -0.05) is 0 Å². The van der Waals surface area contributed by atoms with Crippen molar-refractivity contribution in [3.63, 3.8) is 0 Å². The number of hydrogen-bond donors (Lipinski definition) is 2. The fraction of sp³-hybridized carbons (Fsp3) is 0.889. The summed E-state index contributed by atoms with van der Waals surface area (Å²) in [5.41, 5.74) is 0. The van der Waals surface area contributed by atoms with E-state index < -0.39 is 5.97 Å². The first-order valence-electron chi connectivity index (χ1n) is 4.89. The zero-order valence-corrected chi connectivity index (χ0v) is 7.27. The van der Waals surface area contributed by atoms with E-state index in [0.29, 0.717) is 12.0 Å². The van der Waals surface area contributed by atoms with Crippen LogP contribution in [0.25, 0.3) is 0 Å². The molecule has 72 valence electrons. The second kappa shape index (κ2) is 2.45. The molecule has 0 unspecified atom stereocenters. The molecule has 3 fully saturated rings. The number of carbonyl (C=O) groups is 1. The molecule has 2 bridgehead atoms. The van der Waals surface area contributed by atoms with Crippen LogP contribution in [0, 0.1) is 11.8 Å². The number of ether oxygens (including phenoxy) is 1. The maximum Gasteiger partial charge on any atom is 0.321 e. The molecule has 0 amide bonds. The lowest BCUT2D eigenvalue weighted by atomic mass is 9.78. The van der Waals surface area contributed by atoms with E-state index in [9.17, 15) is 4.79 Å². The standard InChI is InChI=1S/C9H13NO3/c11-9(12)8-7-4(3-10-8)5-1-2-6(7)13-5/h4-8,10H,1-3H2,(H,11,12)/t4-,5+,6-,7-,8+/m1/s1. The second-order valence-electron chi connectivity index (χ2n) is 4.26. The average Bonchev–Trinajstić information content (AvgIpc) is 2.76. The number of aliphatic carboxylic acids is 1. The van der Waals surface area contributed by atoms with Gasteiger partial charge in [-0.25, -0.2) is 0 Å². The van der Waals surface area contributed by atoms with Crippen molar-refractivity contribution in [3.05, 3.63) is 0 Å². The quantitative estimate of drug-likeness (QED) is 0.593. The van der Waals surface area contributed by atoms with Crippen LogP contribution in [-0.2, 0) is 9.53 Å². The third kappa shape index (κ3) is 0.901. The SMILES string of the molecule is O=C(O)[C@H]1NC[C@H]2[C@@H]1[C@H]1CC[C@@H]2O1. The third-order valence-corrected chi connectivity index (χ3v) is 3.71. The van der Waals surface area contributed by atoms with E-state index in [4.69, 9.17) is 9.84 Å². The number of nitrogens with one attached hydrogen (secondary N) is 1. The Bertz CT molecular complexity index is 255. The smallest absolute Gasteiger partial charge is 0.321 e. The molecule has 3 heterocycles. The van der Waals surface area contributed by atoms with Crippen LogP contribution in [0.5, 0.6) is 0 Å². The van der Waals surface area contributed by atoms with Crippen molar-refractivity contribution in [2.75, 3.05) is 6.54 Å². The van der Waals surface area contributed by atoms with E-state index in [0.717, 1.165) is 19.4 Å². The topological polar surface area (TPSA) is 58.6 Å². The van der Waals surface area contributed by atoms with Crippen LogP contribution in [0.15, 0.2) is 0 Å². The normalized spacial score (nSPS) is 52.5. The lowest BCUT2D eigenvalue weighted by Gasteiger charge is -2.22. The molecule has 5 atom stereocenters. The van der Waals surface area contributed by atoms with Crippen molar-refractivity contribution in [2.45, 2.75) is 31.1 Å². The fourth-order valence-corrected chi connectivity index (χ4v) is 3.19. The number of carboxylic acid groups (broad SMARTS) is 1. The van der Waals surface area contributed by atoms with Gasteiger partial charge in [-0.2, -0.15) is 0 Å². The van der Waals surface area contributed by atoms with E-state index in [1.807, 2.05) is 0 Å². The summed E-state index contributed by atoms with van der Waals surface area (Å²) in [6, 6.07) is -0.361. The Balaban J connectivity index is 1.87. The molecule has 4 nitrogen and oxygen atoms in total.